The largest absolute Gasteiger partial charge is 0.484 e. The number of anilines is 1. The minimum absolute atomic E-state index is 0.0136. The molecule has 2 N–H and O–H groups in total. The highest BCUT2D eigenvalue weighted by atomic mass is 16.5. The Kier molecular flexibility index (Phi) is 4.98. The van der Waals surface area contributed by atoms with Crippen LogP contribution < -0.4 is 15.4 Å². The zero-order chi connectivity index (χ0) is 19.8. The maximum atomic E-state index is 6.41. The summed E-state index contributed by atoms with van der Waals surface area (Å²) in [7, 11) is 0. The van der Waals surface area contributed by atoms with E-state index in [-0.39, 0.29) is 12.1 Å². The number of hydrogen-bond acceptors (Lipinski definition) is 5. The average molecular weight is 380 g/mol. The summed E-state index contributed by atoms with van der Waals surface area (Å²) in [6, 6.07) is 13.0. The third kappa shape index (κ3) is 3.33. The van der Waals surface area contributed by atoms with Crippen molar-refractivity contribution in [2.75, 3.05) is 4.90 Å². The van der Waals surface area contributed by atoms with Crippen molar-refractivity contribution >= 4 is 11.6 Å². The molecule has 0 amide bonds. The van der Waals surface area contributed by atoms with Crippen LogP contribution in [0, 0.1) is 0 Å². The second kappa shape index (κ2) is 7.43. The van der Waals surface area contributed by atoms with E-state index in [1.165, 1.54) is 11.1 Å². The van der Waals surface area contributed by atoms with Crippen molar-refractivity contribution in [3.63, 3.8) is 0 Å². The van der Waals surface area contributed by atoms with Gasteiger partial charge in [0.25, 0.3) is 0 Å². The summed E-state index contributed by atoms with van der Waals surface area (Å²) in [5.41, 5.74) is 9.49. The van der Waals surface area contributed by atoms with E-state index in [0.29, 0.717) is 12.1 Å². The summed E-state index contributed by atoms with van der Waals surface area (Å²) in [5, 5.41) is 8.78. The molecule has 0 fully saturated rings. The van der Waals surface area contributed by atoms with Crippen molar-refractivity contribution in [3.05, 3.63) is 53.7 Å². The van der Waals surface area contributed by atoms with Crippen LogP contribution in [0.5, 0.6) is 5.75 Å². The summed E-state index contributed by atoms with van der Waals surface area (Å²) in [6.07, 6.45) is 3.85. The highest BCUT2D eigenvalue weighted by Crippen LogP contribution is 2.37. The van der Waals surface area contributed by atoms with Gasteiger partial charge in [0.1, 0.15) is 11.9 Å². The number of nitrogens with two attached hydrogens (primary N) is 1. The monoisotopic (exact) mass is 379 g/mol. The van der Waals surface area contributed by atoms with Crippen molar-refractivity contribution in [2.45, 2.75) is 64.8 Å². The van der Waals surface area contributed by atoms with Gasteiger partial charge in [0, 0.05) is 18.1 Å². The van der Waals surface area contributed by atoms with Crippen LogP contribution in [0.15, 0.2) is 42.6 Å². The molecule has 3 aromatic rings. The maximum absolute atomic E-state index is 6.41. The van der Waals surface area contributed by atoms with Crippen LogP contribution in [0.25, 0.3) is 5.65 Å². The van der Waals surface area contributed by atoms with E-state index in [4.69, 9.17) is 10.5 Å². The molecular formula is C22H29N5O. The van der Waals surface area contributed by atoms with Crippen LogP contribution in [0.3, 0.4) is 0 Å². The minimum atomic E-state index is 0.0136. The molecule has 0 unspecified atom stereocenters. The molecule has 1 aliphatic carbocycles. The molecule has 0 aliphatic heterocycles. The Morgan fingerprint density at radius 3 is 2.43 bits per heavy atom. The highest BCUT2D eigenvalue weighted by molar-refractivity contribution is 5.49. The summed E-state index contributed by atoms with van der Waals surface area (Å²) >= 11 is 0. The fourth-order valence-electron chi connectivity index (χ4n) is 4.23. The third-order valence-electron chi connectivity index (χ3n) is 5.46. The van der Waals surface area contributed by atoms with Crippen LogP contribution in [0.1, 0.15) is 63.8 Å². The van der Waals surface area contributed by atoms with Crippen molar-refractivity contribution in [3.8, 4) is 5.75 Å². The van der Waals surface area contributed by atoms with E-state index in [2.05, 4.69) is 61.0 Å². The zero-order valence-corrected chi connectivity index (χ0v) is 17.0. The Bertz CT molecular complexity index is 956. The Labute approximate surface area is 166 Å². The number of rotatable bonds is 5. The van der Waals surface area contributed by atoms with Gasteiger partial charge in [0.2, 0.25) is 5.95 Å². The first-order chi connectivity index (χ1) is 13.5. The van der Waals surface area contributed by atoms with Crippen LogP contribution in [0.4, 0.5) is 5.95 Å². The minimum Gasteiger partial charge on any atom is -0.484 e. The Hall–Kier alpha value is -2.60. The lowest BCUT2D eigenvalue weighted by Gasteiger charge is -2.31. The lowest BCUT2D eigenvalue weighted by Crippen LogP contribution is -2.38. The lowest BCUT2D eigenvalue weighted by molar-refractivity contribution is 0.176. The summed E-state index contributed by atoms with van der Waals surface area (Å²) in [6.45, 7) is 8.68. The van der Waals surface area contributed by atoms with Crippen molar-refractivity contribution < 1.29 is 4.74 Å². The molecule has 148 valence electrons. The van der Waals surface area contributed by atoms with Gasteiger partial charge in [-0.1, -0.05) is 24.3 Å². The molecular weight excluding hydrogens is 350 g/mol. The Morgan fingerprint density at radius 1 is 1.00 bits per heavy atom. The van der Waals surface area contributed by atoms with Gasteiger partial charge in [-0.05, 0) is 63.8 Å². The molecule has 0 saturated carbocycles. The van der Waals surface area contributed by atoms with Gasteiger partial charge in [-0.25, -0.2) is 0 Å². The molecule has 28 heavy (non-hydrogen) atoms. The number of benzene rings is 1. The number of ether oxygens (including phenoxy) is 1. The first-order valence-electron chi connectivity index (χ1n) is 10.1. The van der Waals surface area contributed by atoms with Crippen LogP contribution >= 0.6 is 0 Å². The van der Waals surface area contributed by atoms with E-state index in [1.54, 1.807) is 0 Å². The molecule has 1 aromatic carbocycles. The normalized spacial score (nSPS) is 19.2. The van der Waals surface area contributed by atoms with Gasteiger partial charge in [-0.3, -0.25) is 4.40 Å². The predicted molar refractivity (Wildman–Crippen MR) is 112 cm³/mol. The van der Waals surface area contributed by atoms with E-state index in [0.717, 1.165) is 30.2 Å². The van der Waals surface area contributed by atoms with Gasteiger partial charge >= 0.3 is 0 Å². The van der Waals surface area contributed by atoms with Crippen molar-refractivity contribution in [1.82, 2.24) is 14.6 Å². The van der Waals surface area contributed by atoms with Crippen LogP contribution in [-0.4, -0.2) is 26.7 Å². The molecule has 2 aromatic heterocycles. The Morgan fingerprint density at radius 2 is 1.71 bits per heavy atom. The molecule has 0 bridgehead atoms. The van der Waals surface area contributed by atoms with Gasteiger partial charge in [0.05, 0.1) is 6.20 Å². The van der Waals surface area contributed by atoms with Crippen molar-refractivity contribution in [2.24, 2.45) is 5.73 Å². The average Bonchev–Trinajstić information content (AvgIpc) is 3.07. The molecule has 0 radical (unpaired) electrons. The van der Waals surface area contributed by atoms with Gasteiger partial charge in [-0.2, -0.15) is 0 Å². The molecule has 0 saturated heterocycles. The van der Waals surface area contributed by atoms with Crippen LogP contribution in [0.2, 0.25) is 0 Å². The molecule has 0 spiro atoms. The zero-order valence-electron chi connectivity index (χ0n) is 17.0. The van der Waals surface area contributed by atoms with E-state index in [1.807, 2.05) is 28.8 Å². The van der Waals surface area contributed by atoms with E-state index < -0.39 is 0 Å². The molecule has 2 atom stereocenters. The van der Waals surface area contributed by atoms with Gasteiger partial charge < -0.3 is 15.4 Å². The molecule has 1 aliphatic rings. The van der Waals surface area contributed by atoms with Gasteiger partial charge in [0.15, 0.2) is 5.65 Å². The highest BCUT2D eigenvalue weighted by Gasteiger charge is 2.26. The van der Waals surface area contributed by atoms with Crippen molar-refractivity contribution in [1.29, 1.82) is 0 Å². The molecule has 6 nitrogen and oxygen atoms in total. The summed E-state index contributed by atoms with van der Waals surface area (Å²) < 4.78 is 8.44. The number of pyridine rings is 1. The first-order valence-corrected chi connectivity index (χ1v) is 10.1. The SMILES string of the molecule is CC(C)N(c1nnc2ccc(O[C@@H]3CC[C@H](N)c4ccccc43)cn12)C(C)C. The quantitative estimate of drug-likeness (QED) is 0.717. The third-order valence-corrected chi connectivity index (χ3v) is 5.46. The predicted octanol–water partition coefficient (Wildman–Crippen LogP) is 4.27. The van der Waals surface area contributed by atoms with Crippen LogP contribution in [-0.2, 0) is 0 Å². The Balaban J connectivity index is 1.68. The number of nitrogens with zero attached hydrogens (tertiary/aromatic N) is 4. The standard InChI is InChI=1S/C22H29N5O/c1-14(2)27(15(3)4)22-25-24-21-12-9-16(13-26(21)22)28-20-11-10-19(23)17-7-5-6-8-18(17)20/h5-9,12-15,19-20H,10-11,23H2,1-4H3/t19-,20+/m0/s1. The molecule has 6 heteroatoms. The summed E-state index contributed by atoms with van der Waals surface area (Å²) in [5.74, 6) is 1.66. The number of aromatic nitrogens is 3. The fourth-order valence-corrected chi connectivity index (χ4v) is 4.23. The second-order valence-corrected chi connectivity index (χ2v) is 8.11. The van der Waals surface area contributed by atoms with E-state index in [9.17, 15) is 0 Å². The fraction of sp³-hybridized carbons (Fsp3) is 0.455. The van der Waals surface area contributed by atoms with Gasteiger partial charge in [-0.15, -0.1) is 10.2 Å². The number of hydrogen-bond donors (Lipinski definition) is 1. The summed E-state index contributed by atoms with van der Waals surface area (Å²) in [4.78, 5) is 2.26. The maximum Gasteiger partial charge on any atom is 0.232 e. The van der Waals surface area contributed by atoms with E-state index >= 15 is 0 Å². The lowest BCUT2D eigenvalue weighted by atomic mass is 9.86. The molecule has 4 rings (SSSR count). The second-order valence-electron chi connectivity index (χ2n) is 8.11. The number of fused-ring (bicyclic) bond motifs is 2. The molecule has 2 heterocycles. The topological polar surface area (TPSA) is 68.7 Å². The smallest absolute Gasteiger partial charge is 0.232 e. The first kappa shape index (κ1) is 18.7.